The van der Waals surface area contributed by atoms with Crippen molar-refractivity contribution in [2.75, 3.05) is 33.1 Å². The molecule has 27 heavy (non-hydrogen) atoms. The number of hydrogen-bond donors (Lipinski definition) is 0. The maximum absolute atomic E-state index is 6.35. The largest absolute Gasteiger partial charge is 0.456 e. The van der Waals surface area contributed by atoms with E-state index in [9.17, 15) is 0 Å². The molecule has 0 fully saturated rings. The molecule has 0 atom stereocenters. The highest BCUT2D eigenvalue weighted by Crippen LogP contribution is 2.40. The van der Waals surface area contributed by atoms with E-state index in [2.05, 4.69) is 86.1 Å². The van der Waals surface area contributed by atoms with Crippen LogP contribution >= 0.6 is 15.9 Å². The minimum absolute atomic E-state index is 0.891. The van der Waals surface area contributed by atoms with Crippen LogP contribution in [0.4, 0.5) is 5.69 Å². The molecule has 1 heterocycles. The van der Waals surface area contributed by atoms with Gasteiger partial charge in [0.05, 0.1) is 6.07 Å². The number of benzene rings is 3. The maximum atomic E-state index is 6.35. The van der Waals surface area contributed by atoms with Gasteiger partial charge >= 0.3 is 0 Å². The molecule has 0 radical (unpaired) electrons. The van der Waals surface area contributed by atoms with Gasteiger partial charge < -0.3 is 9.32 Å². The molecule has 0 saturated carbocycles. The molecule has 3 nitrogen and oxygen atoms in total. The Kier molecular flexibility index (Phi) is 4.52. The van der Waals surface area contributed by atoms with Gasteiger partial charge in [0.2, 0.25) is 5.36 Å². The lowest BCUT2D eigenvalue weighted by Gasteiger charge is -2.17. The van der Waals surface area contributed by atoms with Crippen LogP contribution in [0.15, 0.2) is 69.6 Å². The molecule has 0 unspecified atom stereocenters. The summed E-state index contributed by atoms with van der Waals surface area (Å²) in [5.74, 6) is 0.891. The Morgan fingerprint density at radius 1 is 0.889 bits per heavy atom. The van der Waals surface area contributed by atoms with Crippen LogP contribution in [-0.4, -0.2) is 28.2 Å². The summed E-state index contributed by atoms with van der Waals surface area (Å²) in [7, 11) is 8.17. The van der Waals surface area contributed by atoms with Crippen LogP contribution in [0.2, 0.25) is 0 Å². The van der Waals surface area contributed by atoms with Crippen LogP contribution in [0.25, 0.3) is 33.4 Å². The zero-order valence-corrected chi connectivity index (χ0v) is 17.5. The summed E-state index contributed by atoms with van der Waals surface area (Å²) >= 11 is 3.54. The fraction of sp³-hybridized carbons (Fsp3) is 0.174. The van der Waals surface area contributed by atoms with E-state index < -0.39 is 0 Å². The highest BCUT2D eigenvalue weighted by molar-refractivity contribution is 9.10. The molecule has 1 aliphatic carbocycles. The Bertz CT molecular complexity index is 1170. The van der Waals surface area contributed by atoms with Crippen molar-refractivity contribution in [1.29, 1.82) is 0 Å². The molecule has 0 aromatic heterocycles. The highest BCUT2D eigenvalue weighted by Gasteiger charge is 2.18. The second kappa shape index (κ2) is 6.86. The van der Waals surface area contributed by atoms with Gasteiger partial charge in [0.1, 0.15) is 25.4 Å². The Balaban J connectivity index is 2.13. The lowest BCUT2D eigenvalue weighted by molar-refractivity contribution is 0.617. The van der Waals surface area contributed by atoms with E-state index in [4.69, 9.17) is 4.42 Å². The average molecular weight is 422 g/mol. The predicted molar refractivity (Wildman–Crippen MR) is 117 cm³/mol. The van der Waals surface area contributed by atoms with Crippen LogP contribution in [-0.2, 0) is 0 Å². The summed E-state index contributed by atoms with van der Waals surface area (Å²) in [5.41, 5.74) is 5.51. The molecule has 4 rings (SSSR count). The van der Waals surface area contributed by atoms with E-state index in [0.717, 1.165) is 37.8 Å². The molecule has 0 amide bonds. The van der Waals surface area contributed by atoms with Crippen molar-refractivity contribution in [2.24, 2.45) is 0 Å². The van der Waals surface area contributed by atoms with E-state index >= 15 is 0 Å². The zero-order valence-electron chi connectivity index (χ0n) is 16.0. The Labute approximate surface area is 167 Å². The summed E-state index contributed by atoms with van der Waals surface area (Å²) in [6.45, 7) is 0. The average Bonchev–Trinajstić information content (AvgIpc) is 2.66. The Hall–Kier alpha value is -2.59. The van der Waals surface area contributed by atoms with E-state index in [0.29, 0.717) is 0 Å². The monoisotopic (exact) mass is 421 g/mol. The van der Waals surface area contributed by atoms with Gasteiger partial charge in [-0.2, -0.15) is 0 Å². The number of fused-ring (bicyclic) bond motifs is 2. The number of hydrogen-bond acceptors (Lipinski definition) is 2. The first kappa shape index (κ1) is 17.8. The molecule has 2 aliphatic rings. The zero-order chi connectivity index (χ0) is 19.1. The van der Waals surface area contributed by atoms with Crippen molar-refractivity contribution in [1.82, 2.24) is 4.58 Å². The van der Waals surface area contributed by atoms with Gasteiger partial charge in [-0.05, 0) is 35.9 Å². The van der Waals surface area contributed by atoms with Crippen molar-refractivity contribution in [2.45, 2.75) is 0 Å². The number of nitrogens with zero attached hydrogens (tertiary/aromatic N) is 2. The summed E-state index contributed by atoms with van der Waals surface area (Å²) in [4.78, 5) is 2.09. The first-order chi connectivity index (χ1) is 12.9. The smallest absolute Gasteiger partial charge is 0.203 e. The van der Waals surface area contributed by atoms with E-state index in [1.807, 2.05) is 28.2 Å². The number of anilines is 1. The van der Waals surface area contributed by atoms with Gasteiger partial charge in [0.15, 0.2) is 0 Å². The number of rotatable bonds is 2. The summed E-state index contributed by atoms with van der Waals surface area (Å²) < 4.78 is 9.52. The molecule has 136 valence electrons. The second-order valence-electron chi connectivity index (χ2n) is 7.13. The van der Waals surface area contributed by atoms with Crippen molar-refractivity contribution in [3.63, 3.8) is 0 Å². The maximum Gasteiger partial charge on any atom is 0.203 e. The van der Waals surface area contributed by atoms with Gasteiger partial charge in [-0.3, -0.25) is 0 Å². The van der Waals surface area contributed by atoms with E-state index in [1.165, 1.54) is 11.1 Å². The molecule has 4 heteroatoms. The molecule has 2 aromatic carbocycles. The molecule has 0 bridgehead atoms. The van der Waals surface area contributed by atoms with Crippen molar-refractivity contribution < 1.29 is 4.42 Å². The minimum Gasteiger partial charge on any atom is -0.456 e. The van der Waals surface area contributed by atoms with Crippen molar-refractivity contribution in [3.05, 3.63) is 70.5 Å². The van der Waals surface area contributed by atoms with Gasteiger partial charge in [-0.1, -0.05) is 28.1 Å². The fourth-order valence-electron chi connectivity index (χ4n) is 3.35. The van der Waals surface area contributed by atoms with Crippen LogP contribution in [0, 0.1) is 0 Å². The van der Waals surface area contributed by atoms with Crippen LogP contribution in [0.3, 0.4) is 0 Å². The van der Waals surface area contributed by atoms with E-state index in [-0.39, 0.29) is 0 Å². The summed E-state index contributed by atoms with van der Waals surface area (Å²) in [5, 5.41) is 2.24. The third-order valence-electron chi connectivity index (χ3n) is 4.85. The molecule has 2 aromatic rings. The quantitative estimate of drug-likeness (QED) is 0.332. The molecular weight excluding hydrogens is 400 g/mol. The van der Waals surface area contributed by atoms with E-state index in [1.54, 1.807) is 0 Å². The van der Waals surface area contributed by atoms with Crippen LogP contribution < -0.4 is 14.8 Å². The molecular formula is C23H22BrN2O+. The first-order valence-corrected chi connectivity index (χ1v) is 9.67. The summed E-state index contributed by atoms with van der Waals surface area (Å²) in [6.07, 6.45) is 0. The van der Waals surface area contributed by atoms with Crippen LogP contribution in [0.5, 0.6) is 0 Å². The molecule has 0 saturated heterocycles. The Morgan fingerprint density at radius 2 is 1.63 bits per heavy atom. The lowest BCUT2D eigenvalue weighted by atomic mass is 9.93. The van der Waals surface area contributed by atoms with Crippen molar-refractivity contribution >= 4 is 32.6 Å². The van der Waals surface area contributed by atoms with Gasteiger partial charge in [0, 0.05) is 52.9 Å². The first-order valence-electron chi connectivity index (χ1n) is 8.88. The van der Waals surface area contributed by atoms with Gasteiger partial charge in [0.25, 0.3) is 0 Å². The standard InChI is InChI=1S/C23H22BrN2O/c1-25(2)17-9-11-19-21(13-17)27-22-14-18(26(3)4)10-12-20(22)23(19)15-5-7-16(24)8-6-15/h5-14H,1-4H3/q+1. The SMILES string of the molecule is CN(C)c1ccc2c(-c3ccc(Br)cc3)c3ccc(=[N+](C)C)cc-3oc2c1. The third-order valence-corrected chi connectivity index (χ3v) is 5.38. The Morgan fingerprint density at radius 3 is 2.30 bits per heavy atom. The fourth-order valence-corrected chi connectivity index (χ4v) is 3.62. The lowest BCUT2D eigenvalue weighted by Crippen LogP contribution is -2.21. The predicted octanol–water partition coefficient (Wildman–Crippen LogP) is 5.06. The van der Waals surface area contributed by atoms with Gasteiger partial charge in [-0.25, -0.2) is 4.58 Å². The number of halogens is 1. The topological polar surface area (TPSA) is 19.4 Å². The third kappa shape index (κ3) is 3.26. The molecule has 0 spiro atoms. The minimum atomic E-state index is 0.891. The molecule has 1 aliphatic heterocycles. The summed E-state index contributed by atoms with van der Waals surface area (Å²) in [6, 6.07) is 21.3. The molecule has 0 N–H and O–H groups in total. The highest BCUT2D eigenvalue weighted by atomic mass is 79.9. The van der Waals surface area contributed by atoms with Crippen molar-refractivity contribution in [3.8, 4) is 22.5 Å². The normalized spacial score (nSPS) is 11.1. The second-order valence-corrected chi connectivity index (χ2v) is 8.05. The van der Waals surface area contributed by atoms with Crippen LogP contribution in [0.1, 0.15) is 0 Å². The van der Waals surface area contributed by atoms with Gasteiger partial charge in [-0.15, -0.1) is 0 Å².